The second-order valence-corrected chi connectivity index (χ2v) is 6.06. The zero-order valence-corrected chi connectivity index (χ0v) is 12.5. The summed E-state index contributed by atoms with van der Waals surface area (Å²) in [6, 6.07) is 1.70. The minimum absolute atomic E-state index is 0.0159. The first-order chi connectivity index (χ1) is 9.08. The van der Waals surface area contributed by atoms with Gasteiger partial charge in [0.15, 0.2) is 0 Å². The number of ketones is 1. The normalized spacial score (nSPS) is 20.3. The topological polar surface area (TPSA) is 46.1 Å². The number of fused-ring (bicyclic) bond motifs is 1. The van der Waals surface area contributed by atoms with E-state index in [0.717, 1.165) is 22.9 Å². The molecule has 0 saturated carbocycles. The van der Waals surface area contributed by atoms with Crippen LogP contribution in [-0.2, 0) is 4.79 Å². The van der Waals surface area contributed by atoms with E-state index in [1.807, 2.05) is 6.92 Å². The number of aromatic nitrogens is 2. The van der Waals surface area contributed by atoms with Gasteiger partial charge in [0, 0.05) is 25.4 Å². The van der Waals surface area contributed by atoms with Crippen molar-refractivity contribution in [1.82, 2.24) is 8.75 Å². The zero-order chi connectivity index (χ0) is 13.6. The van der Waals surface area contributed by atoms with Gasteiger partial charge in [-0.25, -0.2) is 0 Å². The molecule has 2 heterocycles. The summed E-state index contributed by atoms with van der Waals surface area (Å²) < 4.78 is 8.49. The second kappa shape index (κ2) is 4.89. The van der Waals surface area contributed by atoms with E-state index in [1.165, 1.54) is 0 Å². The van der Waals surface area contributed by atoms with Gasteiger partial charge in [0.25, 0.3) is 0 Å². The quantitative estimate of drug-likeness (QED) is 0.809. The Bertz CT molecular complexity index is 658. The lowest BCUT2D eigenvalue weighted by Crippen LogP contribution is -2.39. The molecular formula is C12H11Cl2N3OS. The predicted octanol–water partition coefficient (Wildman–Crippen LogP) is 3.41. The molecule has 100 valence electrons. The van der Waals surface area contributed by atoms with Crippen molar-refractivity contribution < 1.29 is 4.79 Å². The number of anilines is 1. The molecule has 1 saturated heterocycles. The van der Waals surface area contributed by atoms with Gasteiger partial charge in [-0.2, -0.15) is 8.75 Å². The Morgan fingerprint density at radius 2 is 2.05 bits per heavy atom. The van der Waals surface area contributed by atoms with E-state index in [9.17, 15) is 4.79 Å². The molecule has 1 atom stereocenters. The zero-order valence-electron chi connectivity index (χ0n) is 10.2. The lowest BCUT2D eigenvalue weighted by atomic mass is 9.98. The molecule has 0 spiro atoms. The molecule has 1 unspecified atom stereocenters. The molecule has 1 aromatic carbocycles. The molecule has 0 aliphatic carbocycles. The molecule has 0 amide bonds. The van der Waals surface area contributed by atoms with Crippen molar-refractivity contribution >= 4 is 57.4 Å². The Kier molecular flexibility index (Phi) is 3.37. The highest BCUT2D eigenvalue weighted by Gasteiger charge is 2.27. The molecule has 0 bridgehead atoms. The Labute approximate surface area is 124 Å². The number of nitrogens with zero attached hydrogens (tertiary/aromatic N) is 3. The van der Waals surface area contributed by atoms with Gasteiger partial charge in [-0.15, -0.1) is 0 Å². The number of carbonyl (C=O) groups is 1. The number of halogens is 2. The van der Waals surface area contributed by atoms with Crippen LogP contribution in [0.2, 0.25) is 10.0 Å². The van der Waals surface area contributed by atoms with Gasteiger partial charge in [-0.05, 0) is 6.07 Å². The molecule has 1 aliphatic rings. The maximum atomic E-state index is 11.6. The van der Waals surface area contributed by atoms with Crippen molar-refractivity contribution in [2.75, 3.05) is 18.0 Å². The molecule has 1 aromatic heterocycles. The van der Waals surface area contributed by atoms with Crippen LogP contribution in [-0.4, -0.2) is 27.6 Å². The van der Waals surface area contributed by atoms with Gasteiger partial charge in [0.05, 0.1) is 27.5 Å². The van der Waals surface area contributed by atoms with Crippen LogP contribution in [0.25, 0.3) is 11.0 Å². The average molecular weight is 316 g/mol. The van der Waals surface area contributed by atoms with Gasteiger partial charge < -0.3 is 4.90 Å². The molecule has 4 nitrogen and oxygen atoms in total. The SMILES string of the molecule is CC1CN(c2c(Cl)cc(Cl)c3nsnc23)CCC1=O. The first-order valence-corrected chi connectivity index (χ1v) is 7.44. The van der Waals surface area contributed by atoms with Crippen molar-refractivity contribution in [3.63, 3.8) is 0 Å². The van der Waals surface area contributed by atoms with Gasteiger partial charge in [-0.1, -0.05) is 30.1 Å². The van der Waals surface area contributed by atoms with Crippen LogP contribution in [0.15, 0.2) is 6.07 Å². The van der Waals surface area contributed by atoms with E-state index in [0.29, 0.717) is 40.9 Å². The van der Waals surface area contributed by atoms with Gasteiger partial charge in [0.2, 0.25) is 0 Å². The number of hydrogen-bond donors (Lipinski definition) is 0. The van der Waals surface area contributed by atoms with E-state index < -0.39 is 0 Å². The summed E-state index contributed by atoms with van der Waals surface area (Å²) in [4.78, 5) is 13.7. The van der Waals surface area contributed by atoms with Crippen molar-refractivity contribution in [3.05, 3.63) is 16.1 Å². The van der Waals surface area contributed by atoms with Crippen LogP contribution in [0.3, 0.4) is 0 Å². The van der Waals surface area contributed by atoms with E-state index in [2.05, 4.69) is 13.6 Å². The number of hydrogen-bond acceptors (Lipinski definition) is 5. The van der Waals surface area contributed by atoms with E-state index >= 15 is 0 Å². The van der Waals surface area contributed by atoms with Crippen molar-refractivity contribution in [1.29, 1.82) is 0 Å². The highest BCUT2D eigenvalue weighted by atomic mass is 35.5. The smallest absolute Gasteiger partial charge is 0.139 e. The summed E-state index contributed by atoms with van der Waals surface area (Å²) in [5, 5.41) is 1.07. The fraction of sp³-hybridized carbons (Fsp3) is 0.417. The van der Waals surface area contributed by atoms with Gasteiger partial charge in [-0.3, -0.25) is 4.79 Å². The number of benzene rings is 1. The minimum Gasteiger partial charge on any atom is -0.367 e. The van der Waals surface area contributed by atoms with Crippen LogP contribution in [0.4, 0.5) is 5.69 Å². The Hall–Kier alpha value is -0.910. The fourth-order valence-electron chi connectivity index (χ4n) is 2.38. The summed E-state index contributed by atoms with van der Waals surface area (Å²) in [5.74, 6) is 0.316. The summed E-state index contributed by atoms with van der Waals surface area (Å²) in [6.07, 6.45) is 0.541. The lowest BCUT2D eigenvalue weighted by Gasteiger charge is -2.32. The highest BCUT2D eigenvalue weighted by Crippen LogP contribution is 2.38. The van der Waals surface area contributed by atoms with Crippen LogP contribution in [0.1, 0.15) is 13.3 Å². The number of carbonyl (C=O) groups excluding carboxylic acids is 1. The minimum atomic E-state index is 0.0159. The summed E-state index contributed by atoms with van der Waals surface area (Å²) in [6.45, 7) is 3.26. The molecule has 19 heavy (non-hydrogen) atoms. The van der Waals surface area contributed by atoms with Crippen LogP contribution in [0, 0.1) is 5.92 Å². The van der Waals surface area contributed by atoms with Gasteiger partial charge >= 0.3 is 0 Å². The molecule has 1 aliphatic heterocycles. The Morgan fingerprint density at radius 1 is 1.32 bits per heavy atom. The molecule has 1 fully saturated rings. The monoisotopic (exact) mass is 315 g/mol. The maximum Gasteiger partial charge on any atom is 0.139 e. The maximum absolute atomic E-state index is 11.6. The predicted molar refractivity (Wildman–Crippen MR) is 78.4 cm³/mol. The second-order valence-electron chi connectivity index (χ2n) is 4.71. The van der Waals surface area contributed by atoms with Gasteiger partial charge in [0.1, 0.15) is 16.8 Å². The number of rotatable bonds is 1. The molecular weight excluding hydrogens is 305 g/mol. The Morgan fingerprint density at radius 3 is 2.79 bits per heavy atom. The molecule has 0 N–H and O–H groups in total. The van der Waals surface area contributed by atoms with E-state index in [1.54, 1.807) is 6.07 Å². The van der Waals surface area contributed by atoms with Crippen LogP contribution < -0.4 is 4.90 Å². The van der Waals surface area contributed by atoms with Crippen LogP contribution in [0.5, 0.6) is 0 Å². The van der Waals surface area contributed by atoms with Crippen molar-refractivity contribution in [3.8, 4) is 0 Å². The molecule has 3 rings (SSSR count). The van der Waals surface area contributed by atoms with Crippen molar-refractivity contribution in [2.45, 2.75) is 13.3 Å². The summed E-state index contributed by atoms with van der Waals surface area (Å²) in [7, 11) is 0. The third-order valence-corrected chi connectivity index (χ3v) is 4.51. The number of Topliss-reactive ketones (excluding diaryl/α,β-unsaturated/α-hetero) is 1. The molecule has 7 heteroatoms. The number of piperidine rings is 1. The molecule has 2 aromatic rings. The third-order valence-electron chi connectivity index (χ3n) is 3.41. The summed E-state index contributed by atoms with van der Waals surface area (Å²) >= 11 is 13.5. The largest absolute Gasteiger partial charge is 0.367 e. The fourth-order valence-corrected chi connectivity index (χ4v) is 3.61. The third kappa shape index (κ3) is 2.20. The standard InChI is InChI=1S/C12H11Cl2N3OS/c1-6-5-17(3-2-9(6)18)12-8(14)4-7(13)10-11(12)16-19-15-10/h4,6H,2-3,5H2,1H3. The van der Waals surface area contributed by atoms with Crippen LogP contribution >= 0.6 is 34.9 Å². The van der Waals surface area contributed by atoms with E-state index in [4.69, 9.17) is 23.2 Å². The average Bonchev–Trinajstić information content (AvgIpc) is 2.83. The van der Waals surface area contributed by atoms with Crippen molar-refractivity contribution in [2.24, 2.45) is 5.92 Å². The van der Waals surface area contributed by atoms with E-state index in [-0.39, 0.29) is 5.92 Å². The first-order valence-electron chi connectivity index (χ1n) is 5.96. The first kappa shape index (κ1) is 13.1. The summed E-state index contributed by atoms with van der Waals surface area (Å²) in [5.41, 5.74) is 2.24. The Balaban J connectivity index is 2.10. The molecule has 0 radical (unpaired) electrons. The highest BCUT2D eigenvalue weighted by molar-refractivity contribution is 7.00. The lowest BCUT2D eigenvalue weighted by molar-refractivity contribution is -0.122.